The van der Waals surface area contributed by atoms with Crippen LogP contribution in [-0.2, 0) is 0 Å². The van der Waals surface area contributed by atoms with Crippen molar-refractivity contribution in [2.75, 3.05) is 45.9 Å². The normalized spacial score (nSPS) is 29.5. The van der Waals surface area contributed by atoms with Gasteiger partial charge in [0.15, 0.2) is 0 Å². The molecular weight excluding hydrogens is 229 g/mol. The van der Waals surface area contributed by atoms with Gasteiger partial charge in [-0.1, -0.05) is 0 Å². The first-order valence-corrected chi connectivity index (χ1v) is 9.54. The van der Waals surface area contributed by atoms with Crippen molar-refractivity contribution in [2.45, 2.75) is 38.5 Å². The van der Waals surface area contributed by atoms with Crippen molar-refractivity contribution in [2.24, 2.45) is 0 Å². The van der Waals surface area contributed by atoms with Crippen LogP contribution in [0.2, 0.25) is 0 Å². The van der Waals surface area contributed by atoms with Gasteiger partial charge in [-0.15, -0.1) is 14.0 Å². The summed E-state index contributed by atoms with van der Waals surface area (Å²) >= 11 is 0. The molecule has 0 aliphatic carbocycles. The molecule has 3 nitrogen and oxygen atoms in total. The maximum absolute atomic E-state index is 2.86. The van der Waals surface area contributed by atoms with E-state index in [0.717, 1.165) is 0 Å². The zero-order chi connectivity index (χ0) is 11.7. The smallest absolute Gasteiger partial charge is 0.149 e. The number of nitrogens with zero attached hydrogens (tertiary/aromatic N) is 3. The summed E-state index contributed by atoms with van der Waals surface area (Å²) in [6, 6.07) is 0. The molecule has 0 amide bonds. The fraction of sp³-hybridized carbons (Fsp3) is 1.00. The van der Waals surface area contributed by atoms with Crippen LogP contribution in [0, 0.1) is 0 Å². The van der Waals surface area contributed by atoms with Crippen molar-refractivity contribution in [1.29, 1.82) is 0 Å². The third-order valence-corrected chi connectivity index (χ3v) is 9.27. The van der Waals surface area contributed by atoms with Crippen LogP contribution in [0.3, 0.4) is 0 Å². The van der Waals surface area contributed by atoms with E-state index in [9.17, 15) is 0 Å². The zero-order valence-corrected chi connectivity index (χ0v) is 12.2. The van der Waals surface area contributed by atoms with Crippen molar-refractivity contribution in [3.05, 3.63) is 0 Å². The second-order valence-electron chi connectivity index (χ2n) is 5.85. The SMILES string of the molecule is C[P+](N1CCCC1)(N1CCCC1)N1CCCC1. The van der Waals surface area contributed by atoms with Crippen LogP contribution < -0.4 is 0 Å². The Hall–Kier alpha value is 0.310. The Morgan fingerprint density at radius 1 is 0.529 bits per heavy atom. The summed E-state index contributed by atoms with van der Waals surface area (Å²) in [5.74, 6) is 0. The number of hydrogen-bond acceptors (Lipinski definition) is 3. The molecule has 98 valence electrons. The van der Waals surface area contributed by atoms with E-state index in [-0.39, 0.29) is 0 Å². The molecule has 0 aromatic heterocycles. The maximum Gasteiger partial charge on any atom is 0.224 e. The van der Waals surface area contributed by atoms with Crippen molar-refractivity contribution >= 4 is 7.71 Å². The second kappa shape index (κ2) is 5.13. The molecule has 0 radical (unpaired) electrons. The maximum atomic E-state index is 2.86. The monoisotopic (exact) mass is 256 g/mol. The van der Waals surface area contributed by atoms with E-state index < -0.39 is 7.71 Å². The molecule has 3 saturated heterocycles. The lowest BCUT2D eigenvalue weighted by molar-refractivity contribution is 0.378. The molecule has 0 unspecified atom stereocenters. The van der Waals surface area contributed by atoms with Crippen molar-refractivity contribution in [3.8, 4) is 0 Å². The van der Waals surface area contributed by atoms with Gasteiger partial charge >= 0.3 is 0 Å². The summed E-state index contributed by atoms with van der Waals surface area (Å²) in [4.78, 5) is 0. The Kier molecular flexibility index (Phi) is 3.72. The highest BCUT2D eigenvalue weighted by Crippen LogP contribution is 2.67. The highest BCUT2D eigenvalue weighted by Gasteiger charge is 2.53. The molecule has 0 aromatic rings. The van der Waals surface area contributed by atoms with E-state index in [1.165, 1.54) is 77.8 Å². The molecular formula is C13H27N3P+. The van der Waals surface area contributed by atoms with E-state index in [2.05, 4.69) is 20.7 Å². The minimum Gasteiger partial charge on any atom is -0.149 e. The van der Waals surface area contributed by atoms with Crippen LogP contribution in [-0.4, -0.2) is 59.9 Å². The Morgan fingerprint density at radius 3 is 1.00 bits per heavy atom. The van der Waals surface area contributed by atoms with Gasteiger partial charge in [0.25, 0.3) is 0 Å². The molecule has 3 aliphatic heterocycles. The first kappa shape index (κ1) is 12.3. The minimum atomic E-state index is -1.11. The van der Waals surface area contributed by atoms with Crippen LogP contribution in [0.25, 0.3) is 0 Å². The lowest BCUT2D eigenvalue weighted by Crippen LogP contribution is -2.41. The Labute approximate surface area is 107 Å². The van der Waals surface area contributed by atoms with Crippen molar-refractivity contribution < 1.29 is 0 Å². The van der Waals surface area contributed by atoms with Gasteiger partial charge in [-0.05, 0) is 38.5 Å². The Bertz CT molecular complexity index is 213. The van der Waals surface area contributed by atoms with E-state index in [1.54, 1.807) is 0 Å². The Morgan fingerprint density at radius 2 is 0.765 bits per heavy atom. The topological polar surface area (TPSA) is 9.72 Å². The van der Waals surface area contributed by atoms with Gasteiger partial charge in [0.1, 0.15) is 0 Å². The molecule has 0 atom stereocenters. The lowest BCUT2D eigenvalue weighted by Gasteiger charge is -2.41. The third-order valence-electron chi connectivity index (χ3n) is 4.85. The highest BCUT2D eigenvalue weighted by atomic mass is 31.2. The van der Waals surface area contributed by atoms with E-state index >= 15 is 0 Å². The molecule has 0 N–H and O–H groups in total. The zero-order valence-electron chi connectivity index (χ0n) is 11.3. The van der Waals surface area contributed by atoms with Gasteiger partial charge in [-0.2, -0.15) is 0 Å². The van der Waals surface area contributed by atoms with Crippen LogP contribution in [0.15, 0.2) is 0 Å². The van der Waals surface area contributed by atoms with E-state index in [0.29, 0.717) is 0 Å². The van der Waals surface area contributed by atoms with Crippen molar-refractivity contribution in [3.63, 3.8) is 0 Å². The van der Waals surface area contributed by atoms with Gasteiger partial charge < -0.3 is 0 Å². The van der Waals surface area contributed by atoms with E-state index in [1.807, 2.05) is 0 Å². The highest BCUT2D eigenvalue weighted by molar-refractivity contribution is 7.68. The van der Waals surface area contributed by atoms with E-state index in [4.69, 9.17) is 0 Å². The van der Waals surface area contributed by atoms with Crippen LogP contribution in [0.5, 0.6) is 0 Å². The summed E-state index contributed by atoms with van der Waals surface area (Å²) in [7, 11) is -1.11. The quantitative estimate of drug-likeness (QED) is 0.719. The molecule has 0 aromatic carbocycles. The molecule has 0 spiro atoms. The summed E-state index contributed by atoms with van der Waals surface area (Å²) in [5, 5.41) is 0. The van der Waals surface area contributed by atoms with Gasteiger partial charge in [0.05, 0.1) is 6.66 Å². The van der Waals surface area contributed by atoms with Crippen LogP contribution in [0.1, 0.15) is 38.5 Å². The second-order valence-corrected chi connectivity index (χ2v) is 9.28. The minimum absolute atomic E-state index is 1.11. The van der Waals surface area contributed by atoms with Crippen LogP contribution >= 0.6 is 7.71 Å². The molecule has 3 heterocycles. The molecule has 4 heteroatoms. The van der Waals surface area contributed by atoms with Gasteiger partial charge in [0, 0.05) is 39.3 Å². The average Bonchev–Trinajstić information content (AvgIpc) is 3.10. The third kappa shape index (κ3) is 2.16. The standard InChI is InChI=1S/C13H27N3P/c1-17(14-8-2-3-9-14,15-10-4-5-11-15)16-12-6-7-13-16/h2-13H2,1H3/q+1. The molecule has 3 fully saturated rings. The summed E-state index contributed by atoms with van der Waals surface area (Å²) in [5.41, 5.74) is 0. The van der Waals surface area contributed by atoms with Gasteiger partial charge in [-0.3, -0.25) is 0 Å². The fourth-order valence-electron chi connectivity index (χ4n) is 3.77. The molecule has 0 bridgehead atoms. The number of hydrogen-bond donors (Lipinski definition) is 0. The predicted octanol–water partition coefficient (Wildman–Crippen LogP) is 2.67. The van der Waals surface area contributed by atoms with Crippen LogP contribution in [0.4, 0.5) is 0 Å². The summed E-state index contributed by atoms with van der Waals surface area (Å²) in [6.07, 6.45) is 8.57. The average molecular weight is 256 g/mol. The summed E-state index contributed by atoms with van der Waals surface area (Å²) in [6.45, 7) is 10.8. The molecule has 3 aliphatic rings. The van der Waals surface area contributed by atoms with Gasteiger partial charge in [-0.25, -0.2) is 0 Å². The predicted molar refractivity (Wildman–Crippen MR) is 75.3 cm³/mol. The molecule has 3 rings (SSSR count). The first-order valence-electron chi connectivity index (χ1n) is 7.44. The Balaban J connectivity index is 1.81. The van der Waals surface area contributed by atoms with Gasteiger partial charge in [0.2, 0.25) is 7.71 Å². The molecule has 0 saturated carbocycles. The first-order chi connectivity index (χ1) is 8.32. The summed E-state index contributed by atoms with van der Waals surface area (Å²) < 4.78 is 8.59. The largest absolute Gasteiger partial charge is 0.224 e. The lowest BCUT2D eigenvalue weighted by atomic mass is 10.4. The fourth-order valence-corrected chi connectivity index (χ4v) is 7.97. The number of rotatable bonds is 3. The van der Waals surface area contributed by atoms with Crippen molar-refractivity contribution in [1.82, 2.24) is 14.0 Å². The molecule has 17 heavy (non-hydrogen) atoms.